The molecule has 4 nitrogen and oxygen atoms in total. The van der Waals surface area contributed by atoms with Crippen molar-refractivity contribution >= 4 is 5.97 Å². The first-order chi connectivity index (χ1) is 9.36. The monoisotopic (exact) mass is 283 g/mol. The van der Waals surface area contributed by atoms with E-state index in [2.05, 4.69) is 4.98 Å². The van der Waals surface area contributed by atoms with Crippen molar-refractivity contribution in [2.75, 3.05) is 0 Å². The first-order valence-corrected chi connectivity index (χ1v) is 5.41. The van der Waals surface area contributed by atoms with E-state index in [-0.39, 0.29) is 17.2 Å². The fourth-order valence-corrected chi connectivity index (χ4v) is 1.45. The van der Waals surface area contributed by atoms with E-state index in [4.69, 9.17) is 9.84 Å². The predicted octanol–water partition coefficient (Wildman–Crippen LogP) is 3.59. The lowest BCUT2D eigenvalue weighted by Gasteiger charge is -2.09. The summed E-state index contributed by atoms with van der Waals surface area (Å²) in [6.07, 6.45) is -3.28. The molecule has 0 radical (unpaired) electrons. The van der Waals surface area contributed by atoms with Crippen LogP contribution in [-0.2, 0) is 6.18 Å². The summed E-state index contributed by atoms with van der Waals surface area (Å²) >= 11 is 0. The molecule has 7 heteroatoms. The molecule has 0 atom stereocenters. The first-order valence-electron chi connectivity index (χ1n) is 5.41. The summed E-state index contributed by atoms with van der Waals surface area (Å²) in [5.41, 5.74) is -0.925. The van der Waals surface area contributed by atoms with E-state index in [1.165, 1.54) is 24.4 Å². The molecule has 0 aliphatic heterocycles. The molecular formula is C13H8F3NO3. The standard InChI is InChI=1S/C13H8F3NO3/c14-13(15,16)9-2-1-3-10(7-9)20-11-6-8(12(18)19)4-5-17-11/h1-7H,(H,18,19). The van der Waals surface area contributed by atoms with Crippen molar-refractivity contribution in [1.82, 2.24) is 4.98 Å². The summed E-state index contributed by atoms with van der Waals surface area (Å²) in [4.78, 5) is 14.5. The van der Waals surface area contributed by atoms with Gasteiger partial charge in [-0.25, -0.2) is 9.78 Å². The average molecular weight is 283 g/mol. The number of hydrogen-bond donors (Lipinski definition) is 1. The van der Waals surface area contributed by atoms with Gasteiger partial charge in [-0.2, -0.15) is 13.2 Å². The van der Waals surface area contributed by atoms with Gasteiger partial charge in [0.1, 0.15) is 5.75 Å². The lowest BCUT2D eigenvalue weighted by molar-refractivity contribution is -0.137. The maximum atomic E-state index is 12.5. The van der Waals surface area contributed by atoms with Gasteiger partial charge in [0.2, 0.25) is 5.88 Å². The van der Waals surface area contributed by atoms with Crippen molar-refractivity contribution in [2.45, 2.75) is 6.18 Å². The molecule has 0 saturated heterocycles. The van der Waals surface area contributed by atoms with Crippen LogP contribution in [0.4, 0.5) is 13.2 Å². The summed E-state index contributed by atoms with van der Waals surface area (Å²) in [7, 11) is 0. The normalized spacial score (nSPS) is 11.2. The molecular weight excluding hydrogens is 275 g/mol. The molecule has 0 aliphatic rings. The maximum Gasteiger partial charge on any atom is 0.416 e. The minimum Gasteiger partial charge on any atom is -0.478 e. The van der Waals surface area contributed by atoms with Crippen molar-refractivity contribution in [3.05, 3.63) is 53.7 Å². The van der Waals surface area contributed by atoms with Gasteiger partial charge < -0.3 is 9.84 Å². The van der Waals surface area contributed by atoms with E-state index in [9.17, 15) is 18.0 Å². The van der Waals surface area contributed by atoms with E-state index in [1.54, 1.807) is 0 Å². The quantitative estimate of drug-likeness (QED) is 0.935. The molecule has 0 bridgehead atoms. The molecule has 0 spiro atoms. The summed E-state index contributed by atoms with van der Waals surface area (Å²) in [6, 6.07) is 6.62. The second kappa shape index (κ2) is 5.20. The maximum absolute atomic E-state index is 12.5. The third-order valence-corrected chi connectivity index (χ3v) is 2.37. The van der Waals surface area contributed by atoms with Gasteiger partial charge in [-0.05, 0) is 24.3 Å². The number of benzene rings is 1. The van der Waals surface area contributed by atoms with Gasteiger partial charge in [-0.15, -0.1) is 0 Å². The summed E-state index contributed by atoms with van der Waals surface area (Å²) in [6.45, 7) is 0. The van der Waals surface area contributed by atoms with Gasteiger partial charge >= 0.3 is 12.1 Å². The minimum atomic E-state index is -4.48. The zero-order chi connectivity index (χ0) is 14.8. The second-order valence-corrected chi connectivity index (χ2v) is 3.82. The summed E-state index contributed by atoms with van der Waals surface area (Å²) < 4.78 is 42.7. The molecule has 2 aromatic rings. The molecule has 1 N–H and O–H groups in total. The number of aromatic nitrogens is 1. The van der Waals surface area contributed by atoms with Gasteiger partial charge in [-0.1, -0.05) is 6.07 Å². The molecule has 1 aromatic heterocycles. The number of carboxylic acids is 1. The van der Waals surface area contributed by atoms with Crippen LogP contribution in [0, 0.1) is 0 Å². The number of carboxylic acid groups (broad SMARTS) is 1. The fourth-order valence-electron chi connectivity index (χ4n) is 1.45. The molecule has 0 amide bonds. The zero-order valence-corrected chi connectivity index (χ0v) is 9.89. The highest BCUT2D eigenvalue weighted by Crippen LogP contribution is 2.32. The second-order valence-electron chi connectivity index (χ2n) is 3.82. The Hall–Kier alpha value is -2.57. The molecule has 1 heterocycles. The number of rotatable bonds is 3. The highest BCUT2D eigenvalue weighted by molar-refractivity contribution is 5.87. The lowest BCUT2D eigenvalue weighted by Crippen LogP contribution is -2.04. The van der Waals surface area contributed by atoms with Crippen LogP contribution in [0.2, 0.25) is 0 Å². The van der Waals surface area contributed by atoms with Crippen LogP contribution >= 0.6 is 0 Å². The first kappa shape index (κ1) is 13.9. The minimum absolute atomic E-state index is 0.0676. The van der Waals surface area contributed by atoms with Crippen LogP contribution in [0.3, 0.4) is 0 Å². The van der Waals surface area contributed by atoms with Gasteiger partial charge in [0, 0.05) is 12.3 Å². The van der Waals surface area contributed by atoms with E-state index in [0.29, 0.717) is 0 Å². The highest BCUT2D eigenvalue weighted by Gasteiger charge is 2.30. The van der Waals surface area contributed by atoms with Crippen LogP contribution in [0.15, 0.2) is 42.6 Å². The summed E-state index contributed by atoms with van der Waals surface area (Å²) in [5.74, 6) is -1.35. The SMILES string of the molecule is O=C(O)c1ccnc(Oc2cccc(C(F)(F)F)c2)c1. The fraction of sp³-hybridized carbons (Fsp3) is 0.0769. The Morgan fingerprint density at radius 1 is 1.20 bits per heavy atom. The number of nitrogens with zero attached hydrogens (tertiary/aromatic N) is 1. The largest absolute Gasteiger partial charge is 0.478 e. The van der Waals surface area contributed by atoms with Crippen molar-refractivity contribution in [3.63, 3.8) is 0 Å². The van der Waals surface area contributed by atoms with Crippen molar-refractivity contribution < 1.29 is 27.8 Å². The molecule has 0 saturated carbocycles. The molecule has 104 valence electrons. The Bertz CT molecular complexity index is 641. The molecule has 0 fully saturated rings. The zero-order valence-electron chi connectivity index (χ0n) is 9.89. The number of aromatic carboxylic acids is 1. The van der Waals surface area contributed by atoms with E-state index in [0.717, 1.165) is 18.2 Å². The number of carbonyl (C=O) groups is 1. The predicted molar refractivity (Wildman–Crippen MR) is 62.7 cm³/mol. The van der Waals surface area contributed by atoms with E-state index >= 15 is 0 Å². The van der Waals surface area contributed by atoms with Gasteiger partial charge in [0.05, 0.1) is 11.1 Å². The molecule has 2 rings (SSSR count). The number of ether oxygens (including phenoxy) is 1. The molecule has 0 unspecified atom stereocenters. The highest BCUT2D eigenvalue weighted by atomic mass is 19.4. The van der Waals surface area contributed by atoms with E-state index < -0.39 is 17.7 Å². The lowest BCUT2D eigenvalue weighted by atomic mass is 10.2. The number of alkyl halides is 3. The van der Waals surface area contributed by atoms with Crippen molar-refractivity contribution in [2.24, 2.45) is 0 Å². The van der Waals surface area contributed by atoms with Crippen LogP contribution < -0.4 is 4.74 Å². The third-order valence-electron chi connectivity index (χ3n) is 2.37. The Morgan fingerprint density at radius 2 is 1.95 bits per heavy atom. The Balaban J connectivity index is 2.26. The van der Waals surface area contributed by atoms with Crippen LogP contribution in [-0.4, -0.2) is 16.1 Å². The van der Waals surface area contributed by atoms with Crippen molar-refractivity contribution in [1.29, 1.82) is 0 Å². The topological polar surface area (TPSA) is 59.4 Å². The van der Waals surface area contributed by atoms with Gasteiger partial charge in [0.25, 0.3) is 0 Å². The Labute approximate surface area is 111 Å². The molecule has 0 aliphatic carbocycles. The number of hydrogen-bond acceptors (Lipinski definition) is 3. The smallest absolute Gasteiger partial charge is 0.416 e. The number of halogens is 3. The van der Waals surface area contributed by atoms with Gasteiger partial charge in [-0.3, -0.25) is 0 Å². The average Bonchev–Trinajstić information content (AvgIpc) is 2.38. The van der Waals surface area contributed by atoms with Crippen LogP contribution in [0.25, 0.3) is 0 Å². The Kier molecular flexibility index (Phi) is 3.60. The third kappa shape index (κ3) is 3.25. The van der Waals surface area contributed by atoms with Crippen molar-refractivity contribution in [3.8, 4) is 11.6 Å². The van der Waals surface area contributed by atoms with Gasteiger partial charge in [0.15, 0.2) is 0 Å². The van der Waals surface area contributed by atoms with E-state index in [1.807, 2.05) is 0 Å². The van der Waals surface area contributed by atoms with Crippen LogP contribution in [0.1, 0.15) is 15.9 Å². The summed E-state index contributed by atoms with van der Waals surface area (Å²) in [5, 5.41) is 8.79. The number of pyridine rings is 1. The van der Waals surface area contributed by atoms with Crippen LogP contribution in [0.5, 0.6) is 11.6 Å². The Morgan fingerprint density at radius 3 is 2.60 bits per heavy atom. The molecule has 20 heavy (non-hydrogen) atoms. The molecule has 1 aromatic carbocycles.